The largest absolute Gasteiger partial charge is 0.496 e. The molecule has 2 saturated heterocycles. The molecule has 0 bridgehead atoms. The van der Waals surface area contributed by atoms with E-state index in [1.54, 1.807) is 7.11 Å². The summed E-state index contributed by atoms with van der Waals surface area (Å²) in [5.74, 6) is 1.02. The van der Waals surface area contributed by atoms with Crippen molar-refractivity contribution < 1.29 is 14.3 Å². The normalized spacial score (nSPS) is 19.9. The monoisotopic (exact) mass is 447 g/mol. The van der Waals surface area contributed by atoms with Gasteiger partial charge < -0.3 is 20.5 Å². The second-order valence-electron chi connectivity index (χ2n) is 7.58. The summed E-state index contributed by atoms with van der Waals surface area (Å²) in [4.78, 5) is 15.1. The highest BCUT2D eigenvalue weighted by Crippen LogP contribution is 2.31. The van der Waals surface area contributed by atoms with E-state index in [2.05, 4.69) is 16.3 Å². The maximum Gasteiger partial charge on any atom is 0.237 e. The minimum atomic E-state index is -0.464. The van der Waals surface area contributed by atoms with Crippen LogP contribution in [0.1, 0.15) is 43.7 Å². The summed E-state index contributed by atoms with van der Waals surface area (Å²) >= 11 is 0. The van der Waals surface area contributed by atoms with E-state index in [1.165, 1.54) is 19.3 Å². The van der Waals surface area contributed by atoms with Gasteiger partial charge in [-0.05, 0) is 50.8 Å². The molecule has 0 spiro atoms. The van der Waals surface area contributed by atoms with Gasteiger partial charge >= 0.3 is 0 Å². The van der Waals surface area contributed by atoms with Crippen LogP contribution in [0, 0.1) is 5.92 Å². The van der Waals surface area contributed by atoms with Gasteiger partial charge in [0.1, 0.15) is 5.75 Å². The molecule has 6 nitrogen and oxygen atoms in total. The number of carbonyl (C=O) groups is 1. The van der Waals surface area contributed by atoms with Crippen LogP contribution in [-0.2, 0) is 9.53 Å². The second-order valence-corrected chi connectivity index (χ2v) is 7.58. The molecule has 2 heterocycles. The number of halogens is 2. The summed E-state index contributed by atoms with van der Waals surface area (Å²) in [6.07, 6.45) is 5.38. The van der Waals surface area contributed by atoms with E-state index >= 15 is 0 Å². The fraction of sp³-hybridized carbons (Fsp3) is 0.667. The first-order valence-corrected chi connectivity index (χ1v) is 10.2. The van der Waals surface area contributed by atoms with Crippen molar-refractivity contribution in [2.75, 3.05) is 40.0 Å². The molecule has 8 heteroatoms. The SMILES string of the molecule is COc1ccccc1C(CNC(=O)C(N)C1CCOCC1)N1CCCCC1.Cl.Cl. The first kappa shape index (κ1) is 26.0. The van der Waals surface area contributed by atoms with E-state index in [4.69, 9.17) is 15.2 Å². The summed E-state index contributed by atoms with van der Waals surface area (Å²) < 4.78 is 11.0. The van der Waals surface area contributed by atoms with Crippen LogP contribution >= 0.6 is 24.8 Å². The summed E-state index contributed by atoms with van der Waals surface area (Å²) in [5, 5.41) is 3.12. The minimum absolute atomic E-state index is 0. The summed E-state index contributed by atoms with van der Waals surface area (Å²) in [7, 11) is 1.70. The van der Waals surface area contributed by atoms with Gasteiger partial charge in [-0.25, -0.2) is 0 Å². The molecule has 166 valence electrons. The Kier molecular flexibility index (Phi) is 11.9. The molecule has 29 heavy (non-hydrogen) atoms. The minimum Gasteiger partial charge on any atom is -0.496 e. The van der Waals surface area contributed by atoms with Crippen LogP contribution < -0.4 is 15.8 Å². The van der Waals surface area contributed by atoms with Crippen molar-refractivity contribution in [1.82, 2.24) is 10.2 Å². The van der Waals surface area contributed by atoms with Gasteiger partial charge in [0.05, 0.1) is 19.2 Å². The number of piperidine rings is 1. The number of rotatable bonds is 7. The van der Waals surface area contributed by atoms with Gasteiger partial charge in [-0.15, -0.1) is 24.8 Å². The van der Waals surface area contributed by atoms with Crippen LogP contribution in [0.5, 0.6) is 5.75 Å². The first-order chi connectivity index (χ1) is 13.2. The maximum absolute atomic E-state index is 12.7. The Hall–Kier alpha value is -1.05. The highest BCUT2D eigenvalue weighted by molar-refractivity contribution is 5.85. The fourth-order valence-corrected chi connectivity index (χ4v) is 4.21. The van der Waals surface area contributed by atoms with Crippen LogP contribution in [0.15, 0.2) is 24.3 Å². The number of ether oxygens (including phenoxy) is 2. The van der Waals surface area contributed by atoms with Crippen LogP contribution in [-0.4, -0.2) is 56.8 Å². The highest BCUT2D eigenvalue weighted by Gasteiger charge is 2.29. The van der Waals surface area contributed by atoms with Gasteiger partial charge in [0, 0.05) is 25.3 Å². The molecule has 1 amide bonds. The number of carbonyl (C=O) groups excluding carboxylic acids is 1. The highest BCUT2D eigenvalue weighted by atomic mass is 35.5. The number of nitrogens with two attached hydrogens (primary N) is 1. The van der Waals surface area contributed by atoms with Crippen molar-refractivity contribution in [3.05, 3.63) is 29.8 Å². The third-order valence-corrected chi connectivity index (χ3v) is 5.88. The molecule has 2 atom stereocenters. The molecule has 0 saturated carbocycles. The maximum atomic E-state index is 12.7. The lowest BCUT2D eigenvalue weighted by molar-refractivity contribution is -0.124. The molecule has 0 radical (unpaired) electrons. The second kappa shape index (κ2) is 13.3. The summed E-state index contributed by atoms with van der Waals surface area (Å²) in [5.41, 5.74) is 7.37. The third-order valence-electron chi connectivity index (χ3n) is 5.88. The topological polar surface area (TPSA) is 76.8 Å². The lowest BCUT2D eigenvalue weighted by Crippen LogP contribution is -2.49. The molecule has 2 aliphatic rings. The van der Waals surface area contributed by atoms with Gasteiger partial charge in [0.25, 0.3) is 0 Å². The average Bonchev–Trinajstić information content (AvgIpc) is 2.75. The number of amides is 1. The van der Waals surface area contributed by atoms with Crippen LogP contribution in [0.3, 0.4) is 0 Å². The number of benzene rings is 1. The van der Waals surface area contributed by atoms with E-state index < -0.39 is 6.04 Å². The lowest BCUT2D eigenvalue weighted by Gasteiger charge is -2.36. The first-order valence-electron chi connectivity index (χ1n) is 10.2. The molecule has 2 unspecified atom stereocenters. The third kappa shape index (κ3) is 7.00. The molecule has 3 rings (SSSR count). The van der Waals surface area contributed by atoms with Gasteiger partial charge in [-0.3, -0.25) is 9.69 Å². The number of likely N-dealkylation sites (tertiary alicyclic amines) is 1. The number of nitrogens with zero attached hydrogens (tertiary/aromatic N) is 1. The Morgan fingerprint density at radius 1 is 1.21 bits per heavy atom. The van der Waals surface area contributed by atoms with Crippen molar-refractivity contribution in [1.29, 1.82) is 0 Å². The summed E-state index contributed by atoms with van der Waals surface area (Å²) in [6.45, 7) is 4.04. The van der Waals surface area contributed by atoms with Crippen LogP contribution in [0.4, 0.5) is 0 Å². The van der Waals surface area contributed by atoms with Crippen LogP contribution in [0.2, 0.25) is 0 Å². The average molecular weight is 448 g/mol. The zero-order valence-electron chi connectivity index (χ0n) is 17.2. The standard InChI is InChI=1S/C21H33N3O3.2ClH/c1-26-19-8-4-3-7-17(19)18(24-11-5-2-6-12-24)15-23-21(25)20(22)16-9-13-27-14-10-16;;/h3-4,7-8,16,18,20H,2,5-6,9-15,22H2,1H3,(H,23,25);2*1H. The number of nitrogens with one attached hydrogen (secondary N) is 1. The number of para-hydroxylation sites is 1. The van der Waals surface area contributed by atoms with Crippen molar-refractivity contribution in [2.24, 2.45) is 11.7 Å². The van der Waals surface area contributed by atoms with Crippen molar-refractivity contribution in [3.63, 3.8) is 0 Å². The Labute approximate surface area is 186 Å². The Bertz CT molecular complexity index is 609. The zero-order valence-corrected chi connectivity index (χ0v) is 18.8. The zero-order chi connectivity index (χ0) is 19.1. The molecule has 0 aliphatic carbocycles. The summed E-state index contributed by atoms with van der Waals surface area (Å²) in [6, 6.07) is 7.74. The smallest absolute Gasteiger partial charge is 0.237 e. The van der Waals surface area contributed by atoms with Crippen LogP contribution in [0.25, 0.3) is 0 Å². The molecular formula is C21H35Cl2N3O3. The van der Waals surface area contributed by atoms with Gasteiger partial charge in [-0.1, -0.05) is 24.6 Å². The molecule has 2 aliphatic heterocycles. The Morgan fingerprint density at radius 3 is 2.52 bits per heavy atom. The molecule has 2 fully saturated rings. The molecular weight excluding hydrogens is 413 g/mol. The molecule has 1 aromatic carbocycles. The Morgan fingerprint density at radius 2 is 1.86 bits per heavy atom. The fourth-order valence-electron chi connectivity index (χ4n) is 4.21. The van der Waals surface area contributed by atoms with E-state index in [-0.39, 0.29) is 42.7 Å². The predicted octanol–water partition coefficient (Wildman–Crippen LogP) is 2.94. The van der Waals surface area contributed by atoms with Crippen molar-refractivity contribution in [3.8, 4) is 5.75 Å². The Balaban J connectivity index is 0.00000210. The van der Waals surface area contributed by atoms with E-state index in [1.807, 2.05) is 18.2 Å². The van der Waals surface area contributed by atoms with E-state index in [0.29, 0.717) is 19.8 Å². The predicted molar refractivity (Wildman–Crippen MR) is 120 cm³/mol. The lowest BCUT2D eigenvalue weighted by atomic mass is 9.91. The van der Waals surface area contributed by atoms with Gasteiger partial charge in [-0.2, -0.15) is 0 Å². The number of methoxy groups -OCH3 is 1. The molecule has 1 aromatic rings. The molecule has 3 N–H and O–H groups in total. The number of hydrogen-bond acceptors (Lipinski definition) is 5. The van der Waals surface area contributed by atoms with E-state index in [0.717, 1.165) is 37.2 Å². The van der Waals surface area contributed by atoms with Gasteiger partial charge in [0.2, 0.25) is 5.91 Å². The van der Waals surface area contributed by atoms with Crippen molar-refractivity contribution >= 4 is 30.7 Å². The number of hydrogen-bond donors (Lipinski definition) is 2. The quantitative estimate of drug-likeness (QED) is 0.671. The molecule has 0 aromatic heterocycles. The van der Waals surface area contributed by atoms with Gasteiger partial charge in [0.15, 0.2) is 0 Å². The van der Waals surface area contributed by atoms with E-state index in [9.17, 15) is 4.79 Å². The van der Waals surface area contributed by atoms with Crippen molar-refractivity contribution in [2.45, 2.75) is 44.2 Å².